The number of nitrogens with two attached hydrogens (primary N) is 1. The highest BCUT2D eigenvalue weighted by Gasteiger charge is 2.35. The first-order valence-electron chi connectivity index (χ1n) is 5.39. The molecule has 1 aromatic rings. The van der Waals surface area contributed by atoms with E-state index in [2.05, 4.69) is 12.2 Å². The average molecular weight is 239 g/mol. The van der Waals surface area contributed by atoms with E-state index in [0.717, 1.165) is 12.0 Å². The number of halogens is 1. The molecule has 0 spiro atoms. The first kappa shape index (κ1) is 11.4. The smallest absolute Gasteiger partial charge is 0.235 e. The van der Waals surface area contributed by atoms with Crippen LogP contribution in [0, 0.1) is 0 Å². The maximum absolute atomic E-state index is 11.3. The number of hydrogen-bond acceptors (Lipinski definition) is 2. The Hall–Kier alpha value is -1.06. The monoisotopic (exact) mass is 238 g/mol. The van der Waals surface area contributed by atoms with Crippen LogP contribution in [0.1, 0.15) is 24.8 Å². The van der Waals surface area contributed by atoms with E-state index in [4.69, 9.17) is 17.3 Å². The summed E-state index contributed by atoms with van der Waals surface area (Å²) in [6.07, 6.45) is 0.911. The van der Waals surface area contributed by atoms with Gasteiger partial charge in [0, 0.05) is 17.0 Å². The van der Waals surface area contributed by atoms with E-state index in [1.165, 1.54) is 0 Å². The van der Waals surface area contributed by atoms with Gasteiger partial charge in [0.1, 0.15) is 0 Å². The minimum absolute atomic E-state index is 0.131. The van der Waals surface area contributed by atoms with Crippen molar-refractivity contribution >= 4 is 17.5 Å². The summed E-state index contributed by atoms with van der Waals surface area (Å²) in [4.78, 5) is 11.3. The Bertz CT molecular complexity index is 408. The second-order valence-electron chi connectivity index (χ2n) is 4.34. The summed E-state index contributed by atoms with van der Waals surface area (Å²) in [5, 5.41) is 3.90. The summed E-state index contributed by atoms with van der Waals surface area (Å²) in [6, 6.07) is 7.65. The molecule has 16 heavy (non-hydrogen) atoms. The number of rotatable bonds is 2. The van der Waals surface area contributed by atoms with Crippen molar-refractivity contribution in [3.63, 3.8) is 0 Å². The Morgan fingerprint density at radius 2 is 2.31 bits per heavy atom. The van der Waals surface area contributed by atoms with Gasteiger partial charge in [-0.05, 0) is 31.0 Å². The SMILES string of the molecule is C[C@@H]1C[C@@H](c2cccc(Cl)c2)[C@H](C(N)=O)N1. The van der Waals surface area contributed by atoms with Crippen LogP contribution >= 0.6 is 11.6 Å². The van der Waals surface area contributed by atoms with Crippen molar-refractivity contribution in [3.05, 3.63) is 34.9 Å². The lowest BCUT2D eigenvalue weighted by Gasteiger charge is -2.16. The van der Waals surface area contributed by atoms with Gasteiger partial charge < -0.3 is 11.1 Å². The first-order chi connectivity index (χ1) is 7.58. The number of hydrogen-bond donors (Lipinski definition) is 2. The zero-order chi connectivity index (χ0) is 11.7. The maximum atomic E-state index is 11.3. The molecule has 1 aromatic carbocycles. The van der Waals surface area contributed by atoms with E-state index in [0.29, 0.717) is 11.1 Å². The lowest BCUT2D eigenvalue weighted by Crippen LogP contribution is -2.41. The number of primary amides is 1. The molecule has 0 aliphatic carbocycles. The third-order valence-electron chi connectivity index (χ3n) is 3.06. The molecule has 0 unspecified atom stereocenters. The van der Waals surface area contributed by atoms with Crippen LogP contribution in [0.25, 0.3) is 0 Å². The van der Waals surface area contributed by atoms with Gasteiger partial charge in [0.25, 0.3) is 0 Å². The number of amides is 1. The van der Waals surface area contributed by atoms with Gasteiger partial charge in [-0.15, -0.1) is 0 Å². The van der Waals surface area contributed by atoms with Gasteiger partial charge in [-0.2, -0.15) is 0 Å². The van der Waals surface area contributed by atoms with Crippen molar-refractivity contribution in [2.45, 2.75) is 31.3 Å². The molecular weight excluding hydrogens is 224 g/mol. The van der Waals surface area contributed by atoms with Crippen molar-refractivity contribution in [3.8, 4) is 0 Å². The second kappa shape index (κ2) is 4.44. The molecule has 0 aromatic heterocycles. The Morgan fingerprint density at radius 1 is 1.56 bits per heavy atom. The molecule has 3 N–H and O–H groups in total. The van der Waals surface area contributed by atoms with Crippen LogP contribution in [0.5, 0.6) is 0 Å². The van der Waals surface area contributed by atoms with Gasteiger partial charge in [0.05, 0.1) is 6.04 Å². The highest BCUT2D eigenvalue weighted by atomic mass is 35.5. The molecule has 3 nitrogen and oxygen atoms in total. The molecule has 3 atom stereocenters. The van der Waals surface area contributed by atoms with Crippen LogP contribution in [-0.2, 0) is 4.79 Å². The molecule has 1 fully saturated rings. The fourth-order valence-electron chi connectivity index (χ4n) is 2.35. The van der Waals surface area contributed by atoms with E-state index in [1.807, 2.05) is 24.3 Å². The summed E-state index contributed by atoms with van der Waals surface area (Å²) in [6.45, 7) is 2.06. The van der Waals surface area contributed by atoms with Gasteiger partial charge in [-0.25, -0.2) is 0 Å². The number of nitrogens with one attached hydrogen (secondary N) is 1. The Kier molecular flexibility index (Phi) is 3.17. The van der Waals surface area contributed by atoms with E-state index in [-0.39, 0.29) is 17.9 Å². The summed E-state index contributed by atoms with van der Waals surface area (Å²) in [7, 11) is 0. The molecule has 4 heteroatoms. The molecule has 1 aliphatic heterocycles. The highest BCUT2D eigenvalue weighted by Crippen LogP contribution is 2.31. The zero-order valence-electron chi connectivity index (χ0n) is 9.11. The van der Waals surface area contributed by atoms with Crippen LogP contribution in [0.4, 0.5) is 0 Å². The van der Waals surface area contributed by atoms with Crippen LogP contribution in [-0.4, -0.2) is 18.0 Å². The van der Waals surface area contributed by atoms with E-state index >= 15 is 0 Å². The van der Waals surface area contributed by atoms with E-state index < -0.39 is 0 Å². The van der Waals surface area contributed by atoms with Gasteiger partial charge in [-0.3, -0.25) is 4.79 Å². The summed E-state index contributed by atoms with van der Waals surface area (Å²) in [5.41, 5.74) is 6.47. The summed E-state index contributed by atoms with van der Waals surface area (Å²) in [5.74, 6) is -0.166. The normalized spacial score (nSPS) is 29.2. The van der Waals surface area contributed by atoms with Gasteiger partial charge in [0.2, 0.25) is 5.91 Å². The highest BCUT2D eigenvalue weighted by molar-refractivity contribution is 6.30. The minimum Gasteiger partial charge on any atom is -0.368 e. The maximum Gasteiger partial charge on any atom is 0.235 e. The second-order valence-corrected chi connectivity index (χ2v) is 4.78. The Labute approximate surface area is 100.0 Å². The number of carbonyl (C=O) groups is 1. The molecule has 0 radical (unpaired) electrons. The van der Waals surface area contributed by atoms with Gasteiger partial charge >= 0.3 is 0 Å². The lowest BCUT2D eigenvalue weighted by molar-refractivity contribution is -0.120. The van der Waals surface area contributed by atoms with E-state index in [1.54, 1.807) is 0 Å². The standard InChI is InChI=1S/C12H15ClN2O/c1-7-5-10(11(15-7)12(14)16)8-3-2-4-9(13)6-8/h2-4,6-7,10-11,15H,5H2,1H3,(H2,14,16)/t7-,10+,11-/m1/s1. The fraction of sp³-hybridized carbons (Fsp3) is 0.417. The van der Waals surface area contributed by atoms with Crippen LogP contribution in [0.2, 0.25) is 5.02 Å². The minimum atomic E-state index is -0.297. The predicted octanol–water partition coefficient (Wildman–Crippen LogP) is 1.66. The largest absolute Gasteiger partial charge is 0.368 e. The van der Waals surface area contributed by atoms with E-state index in [9.17, 15) is 4.79 Å². The molecule has 1 heterocycles. The third kappa shape index (κ3) is 2.20. The number of carbonyl (C=O) groups excluding carboxylic acids is 1. The van der Waals surface area contributed by atoms with Crippen molar-refractivity contribution in [1.82, 2.24) is 5.32 Å². The molecule has 1 amide bonds. The van der Waals surface area contributed by atoms with Crippen LogP contribution < -0.4 is 11.1 Å². The average Bonchev–Trinajstić information content (AvgIpc) is 2.60. The molecule has 0 bridgehead atoms. The van der Waals surface area contributed by atoms with Crippen molar-refractivity contribution in [2.24, 2.45) is 5.73 Å². The summed E-state index contributed by atoms with van der Waals surface area (Å²) >= 11 is 5.95. The first-order valence-corrected chi connectivity index (χ1v) is 5.76. The van der Waals surface area contributed by atoms with Gasteiger partial charge in [0.15, 0.2) is 0 Å². The van der Waals surface area contributed by atoms with Crippen molar-refractivity contribution in [1.29, 1.82) is 0 Å². The van der Waals surface area contributed by atoms with Crippen molar-refractivity contribution < 1.29 is 4.79 Å². The molecule has 86 valence electrons. The molecule has 1 aliphatic rings. The van der Waals surface area contributed by atoms with Gasteiger partial charge in [-0.1, -0.05) is 23.7 Å². The molecular formula is C12H15ClN2O. The van der Waals surface area contributed by atoms with Crippen molar-refractivity contribution in [2.75, 3.05) is 0 Å². The fourth-order valence-corrected chi connectivity index (χ4v) is 2.55. The van der Waals surface area contributed by atoms with Crippen LogP contribution in [0.15, 0.2) is 24.3 Å². The lowest BCUT2D eigenvalue weighted by atomic mass is 9.90. The predicted molar refractivity (Wildman–Crippen MR) is 64.4 cm³/mol. The quantitative estimate of drug-likeness (QED) is 0.824. The summed E-state index contributed by atoms with van der Waals surface area (Å²) < 4.78 is 0. The Morgan fingerprint density at radius 3 is 2.94 bits per heavy atom. The van der Waals surface area contributed by atoms with Crippen LogP contribution in [0.3, 0.4) is 0 Å². The molecule has 1 saturated heterocycles. The topological polar surface area (TPSA) is 55.1 Å². The Balaban J connectivity index is 2.28. The zero-order valence-corrected chi connectivity index (χ0v) is 9.87. The third-order valence-corrected chi connectivity index (χ3v) is 3.29. The molecule has 0 saturated carbocycles. The number of benzene rings is 1. The molecule has 2 rings (SSSR count).